The van der Waals surface area contributed by atoms with Crippen molar-refractivity contribution in [1.29, 1.82) is 0 Å². The SMILES string of the molecule is CCOC(=O)c1ccc(N=C2SC(=Cc3cc(Cl)c(OCC(=O)O)c(OC)c3)C(=O)N2C)cc1. The van der Waals surface area contributed by atoms with Crippen molar-refractivity contribution in [3.63, 3.8) is 0 Å². The zero-order chi connectivity index (χ0) is 24.8. The summed E-state index contributed by atoms with van der Waals surface area (Å²) in [5, 5.41) is 9.43. The number of ether oxygens (including phenoxy) is 3. The van der Waals surface area contributed by atoms with E-state index in [2.05, 4.69) is 4.99 Å². The van der Waals surface area contributed by atoms with Gasteiger partial charge in [0.1, 0.15) is 0 Å². The van der Waals surface area contributed by atoms with Gasteiger partial charge in [0.25, 0.3) is 5.91 Å². The second-order valence-electron chi connectivity index (χ2n) is 6.85. The van der Waals surface area contributed by atoms with E-state index in [4.69, 9.17) is 30.9 Å². The normalized spacial score (nSPS) is 15.6. The number of aliphatic imine (C=N–C) groups is 1. The number of thioether (sulfide) groups is 1. The lowest BCUT2D eigenvalue weighted by molar-refractivity contribution is -0.139. The van der Waals surface area contributed by atoms with Crippen LogP contribution in [-0.4, -0.2) is 60.4 Å². The summed E-state index contributed by atoms with van der Waals surface area (Å²) in [6, 6.07) is 9.69. The van der Waals surface area contributed by atoms with Gasteiger partial charge in [-0.25, -0.2) is 14.6 Å². The number of carboxylic acid groups (broad SMARTS) is 1. The maximum Gasteiger partial charge on any atom is 0.341 e. The average molecular weight is 505 g/mol. The lowest BCUT2D eigenvalue weighted by Crippen LogP contribution is -2.23. The highest BCUT2D eigenvalue weighted by molar-refractivity contribution is 8.18. The number of aliphatic carboxylic acids is 1. The van der Waals surface area contributed by atoms with Crippen molar-refractivity contribution in [2.24, 2.45) is 4.99 Å². The Kier molecular flexibility index (Phi) is 8.19. The van der Waals surface area contributed by atoms with E-state index in [1.165, 1.54) is 23.8 Å². The maximum absolute atomic E-state index is 12.8. The van der Waals surface area contributed by atoms with Crippen molar-refractivity contribution in [3.05, 3.63) is 57.5 Å². The highest BCUT2D eigenvalue weighted by atomic mass is 35.5. The third-order valence-corrected chi connectivity index (χ3v) is 5.84. The Labute approximate surface area is 205 Å². The van der Waals surface area contributed by atoms with Crippen LogP contribution >= 0.6 is 23.4 Å². The number of hydrogen-bond donors (Lipinski definition) is 1. The molecule has 0 atom stereocenters. The second-order valence-corrected chi connectivity index (χ2v) is 8.27. The van der Waals surface area contributed by atoms with Gasteiger partial charge in [-0.05, 0) is 66.7 Å². The summed E-state index contributed by atoms with van der Waals surface area (Å²) in [7, 11) is 3.01. The first-order valence-electron chi connectivity index (χ1n) is 9.99. The van der Waals surface area contributed by atoms with Gasteiger partial charge < -0.3 is 19.3 Å². The summed E-state index contributed by atoms with van der Waals surface area (Å²) in [6.45, 7) is 1.45. The standard InChI is InChI=1S/C23H21ClN2O7S/c1-4-32-22(30)14-5-7-15(8-6-14)25-23-26(2)21(29)18(34-23)11-13-9-16(24)20(17(10-13)31-3)33-12-19(27)28/h5-11H,4,12H2,1-3H3,(H,27,28). The number of carbonyl (C=O) groups is 3. The minimum atomic E-state index is -1.15. The van der Waals surface area contributed by atoms with Crippen molar-refractivity contribution >= 4 is 58.1 Å². The van der Waals surface area contributed by atoms with Gasteiger partial charge in [-0.15, -0.1) is 0 Å². The second kappa shape index (κ2) is 11.1. The van der Waals surface area contributed by atoms with Gasteiger partial charge in [-0.2, -0.15) is 0 Å². The summed E-state index contributed by atoms with van der Waals surface area (Å²) in [5.41, 5.74) is 1.55. The molecule has 0 aliphatic carbocycles. The molecular weight excluding hydrogens is 484 g/mol. The Morgan fingerprint density at radius 2 is 1.94 bits per heavy atom. The summed E-state index contributed by atoms with van der Waals surface area (Å²) in [4.78, 5) is 41.7. The van der Waals surface area contributed by atoms with E-state index < -0.39 is 18.5 Å². The first kappa shape index (κ1) is 25.1. The molecule has 34 heavy (non-hydrogen) atoms. The van der Waals surface area contributed by atoms with Crippen LogP contribution in [-0.2, 0) is 14.3 Å². The minimum absolute atomic E-state index is 0.102. The summed E-state index contributed by atoms with van der Waals surface area (Å²) < 4.78 is 15.4. The fourth-order valence-corrected chi connectivity index (χ4v) is 4.16. The fourth-order valence-electron chi connectivity index (χ4n) is 2.90. The number of methoxy groups -OCH3 is 1. The molecule has 0 saturated carbocycles. The number of hydrogen-bond acceptors (Lipinski definition) is 8. The number of rotatable bonds is 8. The number of halogens is 1. The number of carbonyl (C=O) groups excluding carboxylic acids is 2. The van der Waals surface area contributed by atoms with E-state index in [1.807, 2.05) is 0 Å². The molecule has 178 valence electrons. The maximum atomic E-state index is 12.8. The molecule has 2 aromatic rings. The zero-order valence-corrected chi connectivity index (χ0v) is 20.1. The molecule has 9 nitrogen and oxygen atoms in total. The predicted octanol–water partition coefficient (Wildman–Crippen LogP) is 4.22. The van der Waals surface area contributed by atoms with Crippen LogP contribution in [0.1, 0.15) is 22.8 Å². The number of amidine groups is 1. The molecule has 1 fully saturated rings. The first-order valence-corrected chi connectivity index (χ1v) is 11.2. The van der Waals surface area contributed by atoms with Crippen LogP contribution < -0.4 is 9.47 Å². The van der Waals surface area contributed by atoms with E-state index in [0.29, 0.717) is 26.9 Å². The minimum Gasteiger partial charge on any atom is -0.493 e. The Morgan fingerprint density at radius 1 is 1.24 bits per heavy atom. The van der Waals surface area contributed by atoms with E-state index >= 15 is 0 Å². The summed E-state index contributed by atoms with van der Waals surface area (Å²) in [6.07, 6.45) is 1.63. The predicted molar refractivity (Wildman–Crippen MR) is 129 cm³/mol. The lowest BCUT2D eigenvalue weighted by Gasteiger charge is -2.12. The van der Waals surface area contributed by atoms with Crippen LogP contribution in [0.3, 0.4) is 0 Å². The Morgan fingerprint density at radius 3 is 2.56 bits per heavy atom. The smallest absolute Gasteiger partial charge is 0.341 e. The largest absolute Gasteiger partial charge is 0.493 e. The van der Waals surface area contributed by atoms with Gasteiger partial charge in [0, 0.05) is 7.05 Å². The lowest BCUT2D eigenvalue weighted by atomic mass is 10.2. The number of esters is 1. The van der Waals surface area contributed by atoms with Crippen LogP contribution in [0.5, 0.6) is 11.5 Å². The van der Waals surface area contributed by atoms with Gasteiger partial charge in [0.15, 0.2) is 23.3 Å². The molecule has 1 aliphatic rings. The molecule has 0 bridgehead atoms. The fraction of sp³-hybridized carbons (Fsp3) is 0.217. The molecule has 1 N–H and O–H groups in total. The molecule has 3 rings (SSSR count). The van der Waals surface area contributed by atoms with Crippen molar-refractivity contribution in [2.75, 3.05) is 27.4 Å². The molecule has 1 heterocycles. The Hall–Kier alpha value is -3.50. The van der Waals surface area contributed by atoms with E-state index in [1.54, 1.807) is 56.4 Å². The molecule has 1 amide bonds. The summed E-state index contributed by atoms with van der Waals surface area (Å²) in [5.74, 6) is -1.48. The van der Waals surface area contributed by atoms with E-state index in [9.17, 15) is 14.4 Å². The molecule has 1 aliphatic heterocycles. The van der Waals surface area contributed by atoms with E-state index in [-0.39, 0.29) is 29.0 Å². The average Bonchev–Trinajstić information content (AvgIpc) is 3.06. The molecule has 1 saturated heterocycles. The Bertz CT molecular complexity index is 1180. The van der Waals surface area contributed by atoms with Crippen LogP contribution in [0.25, 0.3) is 6.08 Å². The molecule has 11 heteroatoms. The van der Waals surface area contributed by atoms with Crippen LogP contribution in [0.4, 0.5) is 5.69 Å². The van der Waals surface area contributed by atoms with Gasteiger partial charge in [0.2, 0.25) is 0 Å². The van der Waals surface area contributed by atoms with Gasteiger partial charge in [-0.1, -0.05) is 11.6 Å². The number of benzene rings is 2. The molecular formula is C23H21ClN2O7S. The molecule has 0 unspecified atom stereocenters. The number of nitrogens with zero attached hydrogens (tertiary/aromatic N) is 2. The zero-order valence-electron chi connectivity index (χ0n) is 18.5. The van der Waals surface area contributed by atoms with Crippen molar-refractivity contribution in [3.8, 4) is 11.5 Å². The number of amides is 1. The Balaban J connectivity index is 1.83. The van der Waals surface area contributed by atoms with Crippen molar-refractivity contribution in [1.82, 2.24) is 4.90 Å². The monoisotopic (exact) mass is 504 g/mol. The molecule has 0 spiro atoms. The number of likely N-dealkylation sites (N-methyl/N-ethyl adjacent to an activating group) is 1. The van der Waals surface area contributed by atoms with Crippen molar-refractivity contribution < 1.29 is 33.7 Å². The highest BCUT2D eigenvalue weighted by Gasteiger charge is 2.30. The highest BCUT2D eigenvalue weighted by Crippen LogP contribution is 2.39. The van der Waals surface area contributed by atoms with Gasteiger partial charge in [-0.3, -0.25) is 9.69 Å². The van der Waals surface area contributed by atoms with Gasteiger partial charge in [0.05, 0.1) is 34.9 Å². The van der Waals surface area contributed by atoms with E-state index in [0.717, 1.165) is 0 Å². The first-order chi connectivity index (χ1) is 16.2. The third-order valence-electron chi connectivity index (χ3n) is 4.50. The van der Waals surface area contributed by atoms with Crippen molar-refractivity contribution in [2.45, 2.75) is 6.92 Å². The number of carboxylic acids is 1. The molecule has 0 radical (unpaired) electrons. The quantitative estimate of drug-likeness (QED) is 0.419. The molecule has 0 aromatic heterocycles. The molecule has 2 aromatic carbocycles. The topological polar surface area (TPSA) is 115 Å². The van der Waals surface area contributed by atoms with Gasteiger partial charge >= 0.3 is 11.9 Å². The van der Waals surface area contributed by atoms with Crippen LogP contribution in [0, 0.1) is 0 Å². The van der Waals surface area contributed by atoms with Crippen LogP contribution in [0.2, 0.25) is 5.02 Å². The third kappa shape index (κ3) is 5.89. The van der Waals surface area contributed by atoms with Crippen LogP contribution in [0.15, 0.2) is 46.3 Å². The summed E-state index contributed by atoms with van der Waals surface area (Å²) >= 11 is 7.43.